The Labute approximate surface area is 114 Å². The van der Waals surface area contributed by atoms with E-state index in [1.807, 2.05) is 12.1 Å². The van der Waals surface area contributed by atoms with Crippen LogP contribution in [0.5, 0.6) is 0 Å². The van der Waals surface area contributed by atoms with Crippen LogP contribution >= 0.6 is 0 Å². The van der Waals surface area contributed by atoms with E-state index in [0.717, 1.165) is 25.7 Å². The van der Waals surface area contributed by atoms with E-state index in [9.17, 15) is 4.79 Å². The molecule has 1 aromatic carbocycles. The highest BCUT2D eigenvalue weighted by atomic mass is 16.1. The number of nitrogens with zero attached hydrogens (tertiary/aromatic N) is 1. The van der Waals surface area contributed by atoms with Crippen LogP contribution < -0.4 is 5.32 Å². The highest BCUT2D eigenvalue weighted by Gasteiger charge is 2.28. The van der Waals surface area contributed by atoms with Crippen molar-refractivity contribution in [2.24, 2.45) is 5.92 Å². The number of carbonyl (C=O) groups excluding carboxylic acids is 1. The summed E-state index contributed by atoms with van der Waals surface area (Å²) in [6.45, 7) is 2.06. The summed E-state index contributed by atoms with van der Waals surface area (Å²) in [5, 5.41) is 12.0. The van der Waals surface area contributed by atoms with Crippen molar-refractivity contribution < 1.29 is 4.79 Å². The Morgan fingerprint density at radius 1 is 1.47 bits per heavy atom. The normalized spacial score (nSPS) is 21.9. The summed E-state index contributed by atoms with van der Waals surface area (Å²) in [4.78, 5) is 11.9. The van der Waals surface area contributed by atoms with E-state index in [2.05, 4.69) is 30.4 Å². The Bertz CT molecular complexity index is 490. The smallest absolute Gasteiger partial charge is 0.220 e. The van der Waals surface area contributed by atoms with Gasteiger partial charge in [0.2, 0.25) is 5.91 Å². The van der Waals surface area contributed by atoms with Crippen molar-refractivity contribution in [3.8, 4) is 6.07 Å². The standard InChI is InChI=1S/C16H20N2O/c1-12-4-2-5-13(10-12)8-9-16(19)18-15-7-3-6-14(15)11-17/h2,4-5,10,14-15H,3,6-9H2,1H3,(H,18,19). The van der Waals surface area contributed by atoms with Crippen molar-refractivity contribution in [1.82, 2.24) is 5.32 Å². The highest BCUT2D eigenvalue weighted by Crippen LogP contribution is 2.24. The second kappa shape index (κ2) is 6.38. The molecule has 2 unspecified atom stereocenters. The molecule has 0 bridgehead atoms. The summed E-state index contributed by atoms with van der Waals surface area (Å²) < 4.78 is 0. The second-order valence-electron chi connectivity index (χ2n) is 5.33. The molecule has 1 amide bonds. The number of rotatable bonds is 4. The Balaban J connectivity index is 1.80. The first kappa shape index (κ1) is 13.6. The molecule has 0 radical (unpaired) electrons. The van der Waals surface area contributed by atoms with Gasteiger partial charge in [0, 0.05) is 12.5 Å². The lowest BCUT2D eigenvalue weighted by Gasteiger charge is -2.15. The maximum atomic E-state index is 11.9. The van der Waals surface area contributed by atoms with Gasteiger partial charge in [-0.25, -0.2) is 0 Å². The first-order chi connectivity index (χ1) is 9.19. The number of aryl methyl sites for hydroxylation is 2. The predicted molar refractivity (Wildman–Crippen MR) is 74.4 cm³/mol. The van der Waals surface area contributed by atoms with Gasteiger partial charge in [-0.15, -0.1) is 0 Å². The van der Waals surface area contributed by atoms with Crippen molar-refractivity contribution >= 4 is 5.91 Å². The maximum absolute atomic E-state index is 11.9. The van der Waals surface area contributed by atoms with Crippen molar-refractivity contribution in [1.29, 1.82) is 5.26 Å². The molecule has 2 rings (SSSR count). The van der Waals surface area contributed by atoms with Gasteiger partial charge in [0.1, 0.15) is 0 Å². The molecule has 3 nitrogen and oxygen atoms in total. The minimum Gasteiger partial charge on any atom is -0.352 e. The lowest BCUT2D eigenvalue weighted by Crippen LogP contribution is -2.36. The van der Waals surface area contributed by atoms with Crippen LogP contribution in [0.15, 0.2) is 24.3 Å². The van der Waals surface area contributed by atoms with Crippen LogP contribution in [0.4, 0.5) is 0 Å². The molecule has 0 heterocycles. The molecule has 1 N–H and O–H groups in total. The molecule has 1 saturated carbocycles. The average molecular weight is 256 g/mol. The largest absolute Gasteiger partial charge is 0.352 e. The SMILES string of the molecule is Cc1cccc(CCC(=O)NC2CCCC2C#N)c1. The van der Waals surface area contributed by atoms with E-state index in [4.69, 9.17) is 5.26 Å². The van der Waals surface area contributed by atoms with Gasteiger partial charge >= 0.3 is 0 Å². The molecule has 2 atom stereocenters. The summed E-state index contributed by atoms with van der Waals surface area (Å²) in [5.74, 6) is 0.0663. The number of hydrogen-bond donors (Lipinski definition) is 1. The van der Waals surface area contributed by atoms with Crippen molar-refractivity contribution in [3.05, 3.63) is 35.4 Å². The van der Waals surface area contributed by atoms with Gasteiger partial charge in [0.05, 0.1) is 12.0 Å². The number of amides is 1. The van der Waals surface area contributed by atoms with E-state index in [1.54, 1.807) is 0 Å². The first-order valence-electron chi connectivity index (χ1n) is 6.93. The summed E-state index contributed by atoms with van der Waals surface area (Å²) in [6, 6.07) is 10.6. The average Bonchev–Trinajstić information content (AvgIpc) is 2.84. The minimum absolute atomic E-state index is 0.00270. The second-order valence-corrected chi connectivity index (χ2v) is 5.33. The molecule has 0 saturated heterocycles. The number of nitrogens with one attached hydrogen (secondary N) is 1. The Hall–Kier alpha value is -1.82. The molecular formula is C16H20N2O. The van der Waals surface area contributed by atoms with Crippen molar-refractivity contribution in [3.63, 3.8) is 0 Å². The van der Waals surface area contributed by atoms with Gasteiger partial charge in [-0.3, -0.25) is 4.79 Å². The lowest BCUT2D eigenvalue weighted by molar-refractivity contribution is -0.121. The fourth-order valence-electron chi connectivity index (χ4n) is 2.69. The molecule has 1 fully saturated rings. The third-order valence-corrected chi connectivity index (χ3v) is 3.75. The molecule has 1 aliphatic carbocycles. The predicted octanol–water partition coefficient (Wildman–Crippen LogP) is 2.74. The lowest BCUT2D eigenvalue weighted by atomic mass is 10.0. The summed E-state index contributed by atoms with van der Waals surface area (Å²) in [6.07, 6.45) is 4.16. The molecule has 0 aliphatic heterocycles. The highest BCUT2D eigenvalue weighted by molar-refractivity contribution is 5.76. The van der Waals surface area contributed by atoms with Gasteiger partial charge in [-0.05, 0) is 38.2 Å². The zero-order valence-electron chi connectivity index (χ0n) is 11.4. The van der Waals surface area contributed by atoms with Crippen LogP contribution in [0.3, 0.4) is 0 Å². The van der Waals surface area contributed by atoms with Gasteiger partial charge in [0.25, 0.3) is 0 Å². The molecule has 1 aromatic rings. The number of nitriles is 1. The Morgan fingerprint density at radius 3 is 3.05 bits per heavy atom. The van der Waals surface area contributed by atoms with Gasteiger partial charge < -0.3 is 5.32 Å². The van der Waals surface area contributed by atoms with Crippen LogP contribution in [0.2, 0.25) is 0 Å². The van der Waals surface area contributed by atoms with E-state index >= 15 is 0 Å². The van der Waals surface area contributed by atoms with Crippen LogP contribution in [-0.4, -0.2) is 11.9 Å². The number of carbonyl (C=O) groups is 1. The van der Waals surface area contributed by atoms with Crippen molar-refractivity contribution in [2.45, 2.75) is 45.1 Å². The van der Waals surface area contributed by atoms with Gasteiger partial charge in [0.15, 0.2) is 0 Å². The van der Waals surface area contributed by atoms with Gasteiger partial charge in [-0.2, -0.15) is 5.26 Å². The zero-order valence-corrected chi connectivity index (χ0v) is 11.4. The summed E-state index contributed by atoms with van der Waals surface area (Å²) in [5.41, 5.74) is 2.41. The van der Waals surface area contributed by atoms with Crippen LogP contribution in [0, 0.1) is 24.2 Å². The zero-order chi connectivity index (χ0) is 13.7. The molecule has 19 heavy (non-hydrogen) atoms. The molecule has 0 spiro atoms. The molecule has 3 heteroatoms. The molecular weight excluding hydrogens is 236 g/mol. The van der Waals surface area contributed by atoms with Crippen LogP contribution in [0.25, 0.3) is 0 Å². The molecule has 1 aliphatic rings. The maximum Gasteiger partial charge on any atom is 0.220 e. The quantitative estimate of drug-likeness (QED) is 0.900. The Kier molecular flexibility index (Phi) is 4.57. The van der Waals surface area contributed by atoms with E-state index in [0.29, 0.717) is 6.42 Å². The molecule has 0 aromatic heterocycles. The van der Waals surface area contributed by atoms with E-state index in [-0.39, 0.29) is 17.9 Å². The summed E-state index contributed by atoms with van der Waals surface area (Å²) in [7, 11) is 0. The van der Waals surface area contributed by atoms with Crippen LogP contribution in [-0.2, 0) is 11.2 Å². The fourth-order valence-corrected chi connectivity index (χ4v) is 2.69. The van der Waals surface area contributed by atoms with Gasteiger partial charge in [-0.1, -0.05) is 29.8 Å². The topological polar surface area (TPSA) is 52.9 Å². The summed E-state index contributed by atoms with van der Waals surface area (Å²) >= 11 is 0. The minimum atomic E-state index is 0.00270. The third kappa shape index (κ3) is 3.82. The first-order valence-corrected chi connectivity index (χ1v) is 6.93. The van der Waals surface area contributed by atoms with E-state index < -0.39 is 0 Å². The van der Waals surface area contributed by atoms with Crippen LogP contribution in [0.1, 0.15) is 36.8 Å². The van der Waals surface area contributed by atoms with Crippen molar-refractivity contribution in [2.75, 3.05) is 0 Å². The molecule has 100 valence electrons. The third-order valence-electron chi connectivity index (χ3n) is 3.75. The Morgan fingerprint density at radius 2 is 2.32 bits per heavy atom. The monoisotopic (exact) mass is 256 g/mol. The number of hydrogen-bond acceptors (Lipinski definition) is 2. The number of benzene rings is 1. The fraction of sp³-hybridized carbons (Fsp3) is 0.500. The van der Waals surface area contributed by atoms with E-state index in [1.165, 1.54) is 11.1 Å².